The fourth-order valence-corrected chi connectivity index (χ4v) is 1.92. The molecule has 0 aliphatic carbocycles. The van der Waals surface area contributed by atoms with Crippen molar-refractivity contribution in [2.24, 2.45) is 0 Å². The number of nitrogen functional groups attached to an aromatic ring is 1. The van der Waals surface area contributed by atoms with Crippen molar-refractivity contribution in [2.45, 2.75) is 6.61 Å². The molecule has 0 aliphatic heterocycles. The van der Waals surface area contributed by atoms with Gasteiger partial charge >= 0.3 is 0 Å². The van der Waals surface area contributed by atoms with E-state index in [-0.39, 0.29) is 12.6 Å². The highest BCUT2D eigenvalue weighted by atomic mass is 16.5. The molecule has 0 saturated heterocycles. The van der Waals surface area contributed by atoms with Gasteiger partial charge in [-0.2, -0.15) is 4.98 Å². The Bertz CT molecular complexity index is 742. The number of fused-ring (bicyclic) bond motifs is 1. The summed E-state index contributed by atoms with van der Waals surface area (Å²) in [6.45, 7) is 0.00364. The number of nitrogens with zero attached hydrogens (tertiary/aromatic N) is 2. The van der Waals surface area contributed by atoms with Crippen molar-refractivity contribution in [2.75, 3.05) is 5.73 Å². The number of aromatic nitrogens is 2. The lowest BCUT2D eigenvalue weighted by atomic mass is 10.2. The molecular formula is C15H13N3O2. The van der Waals surface area contributed by atoms with E-state index in [4.69, 9.17) is 15.6 Å². The van der Waals surface area contributed by atoms with E-state index in [1.165, 1.54) is 0 Å². The lowest BCUT2D eigenvalue weighted by molar-refractivity contribution is 0.281. The molecule has 5 heteroatoms. The fraction of sp³-hybridized carbons (Fsp3) is 0.0667. The van der Waals surface area contributed by atoms with Gasteiger partial charge in [0.2, 0.25) is 11.8 Å². The molecule has 3 rings (SSSR count). The lowest BCUT2D eigenvalue weighted by Gasteiger charge is -2.08. The Morgan fingerprint density at radius 2 is 1.75 bits per heavy atom. The molecule has 100 valence electrons. The first-order chi connectivity index (χ1) is 9.76. The zero-order chi connectivity index (χ0) is 13.9. The van der Waals surface area contributed by atoms with Gasteiger partial charge in [-0.25, -0.2) is 4.98 Å². The molecule has 0 fully saturated rings. The van der Waals surface area contributed by atoms with Crippen molar-refractivity contribution < 1.29 is 9.84 Å². The van der Waals surface area contributed by atoms with Gasteiger partial charge in [0, 0.05) is 0 Å². The van der Waals surface area contributed by atoms with Crippen LogP contribution in [0.15, 0.2) is 48.5 Å². The number of para-hydroxylation sites is 1. The van der Waals surface area contributed by atoms with Gasteiger partial charge < -0.3 is 15.6 Å². The minimum atomic E-state index is 0.00364. The minimum absolute atomic E-state index is 0.00364. The predicted octanol–water partition coefficient (Wildman–Crippen LogP) is 2.50. The summed E-state index contributed by atoms with van der Waals surface area (Å²) in [7, 11) is 0. The Hall–Kier alpha value is -2.66. The first kappa shape index (κ1) is 12.4. The number of hydrogen-bond acceptors (Lipinski definition) is 5. The molecule has 0 spiro atoms. The number of hydrogen-bond donors (Lipinski definition) is 2. The number of anilines is 1. The molecule has 0 amide bonds. The Labute approximate surface area is 115 Å². The SMILES string of the molecule is Nc1nc(Oc2ccc(CO)cc2)c2ccccc2n1. The Kier molecular flexibility index (Phi) is 3.18. The van der Waals surface area contributed by atoms with Crippen LogP contribution < -0.4 is 10.5 Å². The third-order valence-corrected chi connectivity index (χ3v) is 2.91. The molecular weight excluding hydrogens is 254 g/mol. The van der Waals surface area contributed by atoms with Crippen LogP contribution >= 0.6 is 0 Å². The number of benzene rings is 2. The Balaban J connectivity index is 2.01. The molecule has 1 aromatic heterocycles. The van der Waals surface area contributed by atoms with Crippen molar-refractivity contribution in [1.82, 2.24) is 9.97 Å². The first-order valence-corrected chi connectivity index (χ1v) is 6.16. The van der Waals surface area contributed by atoms with Crippen LogP contribution in [-0.2, 0) is 6.61 Å². The smallest absolute Gasteiger partial charge is 0.231 e. The third kappa shape index (κ3) is 2.39. The van der Waals surface area contributed by atoms with Crippen molar-refractivity contribution in [3.8, 4) is 11.6 Å². The summed E-state index contributed by atoms with van der Waals surface area (Å²) in [6, 6.07) is 14.7. The van der Waals surface area contributed by atoms with Gasteiger partial charge in [0.25, 0.3) is 0 Å². The van der Waals surface area contributed by atoms with Crippen LogP contribution in [0.4, 0.5) is 5.95 Å². The molecule has 0 saturated carbocycles. The van der Waals surface area contributed by atoms with Crippen LogP contribution in [0.2, 0.25) is 0 Å². The van der Waals surface area contributed by atoms with E-state index in [0.29, 0.717) is 11.6 Å². The number of aliphatic hydroxyl groups excluding tert-OH is 1. The predicted molar refractivity (Wildman–Crippen MR) is 76.4 cm³/mol. The molecule has 3 N–H and O–H groups in total. The van der Waals surface area contributed by atoms with Crippen LogP contribution in [0.5, 0.6) is 11.6 Å². The standard InChI is InChI=1S/C15H13N3O2/c16-15-17-13-4-2-1-3-12(13)14(18-15)20-11-7-5-10(9-19)6-8-11/h1-8,19H,9H2,(H2,16,17,18). The molecule has 0 bridgehead atoms. The van der Waals surface area contributed by atoms with Gasteiger partial charge in [0.1, 0.15) is 5.75 Å². The molecule has 0 aliphatic rings. The molecule has 1 heterocycles. The molecule has 20 heavy (non-hydrogen) atoms. The van der Waals surface area contributed by atoms with Gasteiger partial charge in [-0.15, -0.1) is 0 Å². The van der Waals surface area contributed by atoms with Gasteiger partial charge in [-0.3, -0.25) is 0 Å². The summed E-state index contributed by atoms with van der Waals surface area (Å²) in [5.41, 5.74) is 7.25. The summed E-state index contributed by atoms with van der Waals surface area (Å²) in [5, 5.41) is 9.82. The van der Waals surface area contributed by atoms with Crippen molar-refractivity contribution in [3.05, 3.63) is 54.1 Å². The quantitative estimate of drug-likeness (QED) is 0.762. The molecule has 0 unspecified atom stereocenters. The highest BCUT2D eigenvalue weighted by Gasteiger charge is 2.08. The summed E-state index contributed by atoms with van der Waals surface area (Å²) >= 11 is 0. The molecule has 0 radical (unpaired) electrons. The third-order valence-electron chi connectivity index (χ3n) is 2.91. The summed E-state index contributed by atoms with van der Waals surface area (Å²) in [6.07, 6.45) is 0. The largest absolute Gasteiger partial charge is 0.438 e. The van der Waals surface area contributed by atoms with Crippen LogP contribution in [0.1, 0.15) is 5.56 Å². The van der Waals surface area contributed by atoms with E-state index in [1.807, 2.05) is 24.3 Å². The van der Waals surface area contributed by atoms with Crippen LogP contribution in [0, 0.1) is 0 Å². The van der Waals surface area contributed by atoms with Crippen molar-refractivity contribution in [1.29, 1.82) is 0 Å². The van der Waals surface area contributed by atoms with Crippen LogP contribution in [0.25, 0.3) is 10.9 Å². The second-order valence-corrected chi connectivity index (χ2v) is 4.31. The maximum Gasteiger partial charge on any atom is 0.231 e. The van der Waals surface area contributed by atoms with E-state index < -0.39 is 0 Å². The molecule has 2 aromatic carbocycles. The van der Waals surface area contributed by atoms with E-state index >= 15 is 0 Å². The zero-order valence-corrected chi connectivity index (χ0v) is 10.7. The average Bonchev–Trinajstić information content (AvgIpc) is 2.48. The van der Waals surface area contributed by atoms with E-state index in [1.54, 1.807) is 24.3 Å². The maximum absolute atomic E-state index is 9.02. The van der Waals surface area contributed by atoms with E-state index in [9.17, 15) is 0 Å². The highest BCUT2D eigenvalue weighted by molar-refractivity contribution is 5.84. The Morgan fingerprint density at radius 3 is 2.50 bits per heavy atom. The van der Waals surface area contributed by atoms with Gasteiger partial charge in [0.15, 0.2) is 0 Å². The summed E-state index contributed by atoms with van der Waals surface area (Å²) in [4.78, 5) is 8.29. The zero-order valence-electron chi connectivity index (χ0n) is 10.7. The number of ether oxygens (including phenoxy) is 1. The minimum Gasteiger partial charge on any atom is -0.438 e. The van der Waals surface area contributed by atoms with Crippen molar-refractivity contribution in [3.63, 3.8) is 0 Å². The number of rotatable bonds is 3. The summed E-state index contributed by atoms with van der Waals surface area (Å²) < 4.78 is 5.76. The molecule has 3 aromatic rings. The van der Waals surface area contributed by atoms with E-state index in [2.05, 4.69) is 9.97 Å². The van der Waals surface area contributed by atoms with Gasteiger partial charge in [-0.05, 0) is 29.8 Å². The average molecular weight is 267 g/mol. The van der Waals surface area contributed by atoms with Crippen LogP contribution in [0.3, 0.4) is 0 Å². The topological polar surface area (TPSA) is 81.3 Å². The maximum atomic E-state index is 9.02. The molecule has 5 nitrogen and oxygen atoms in total. The lowest BCUT2D eigenvalue weighted by Crippen LogP contribution is -1.98. The number of nitrogens with two attached hydrogens (primary N) is 1. The van der Waals surface area contributed by atoms with Crippen molar-refractivity contribution >= 4 is 16.9 Å². The first-order valence-electron chi connectivity index (χ1n) is 6.16. The fourth-order valence-electron chi connectivity index (χ4n) is 1.92. The van der Waals surface area contributed by atoms with Gasteiger partial charge in [0.05, 0.1) is 17.5 Å². The highest BCUT2D eigenvalue weighted by Crippen LogP contribution is 2.27. The summed E-state index contributed by atoms with van der Waals surface area (Å²) in [5.74, 6) is 1.22. The second kappa shape index (κ2) is 5.14. The normalized spacial score (nSPS) is 10.7. The van der Waals surface area contributed by atoms with E-state index in [0.717, 1.165) is 16.5 Å². The Morgan fingerprint density at radius 1 is 1.00 bits per heavy atom. The monoisotopic (exact) mass is 267 g/mol. The van der Waals surface area contributed by atoms with Crippen LogP contribution in [-0.4, -0.2) is 15.1 Å². The van der Waals surface area contributed by atoms with Gasteiger partial charge in [-0.1, -0.05) is 24.3 Å². The molecule has 0 atom stereocenters. The number of aliphatic hydroxyl groups is 1. The second-order valence-electron chi connectivity index (χ2n) is 4.31.